The second-order valence-corrected chi connectivity index (χ2v) is 14.1. The van der Waals surface area contributed by atoms with Gasteiger partial charge in [-0.05, 0) is 105 Å². The van der Waals surface area contributed by atoms with E-state index in [2.05, 4.69) is 21.6 Å². The van der Waals surface area contributed by atoms with Gasteiger partial charge in [-0.15, -0.1) is 0 Å². The third-order valence-electron chi connectivity index (χ3n) is 10.8. The number of amides is 3. The van der Waals surface area contributed by atoms with Gasteiger partial charge in [-0.3, -0.25) is 9.80 Å². The lowest BCUT2D eigenvalue weighted by Gasteiger charge is -2.56. The summed E-state index contributed by atoms with van der Waals surface area (Å²) in [6.45, 7) is 6.52. The monoisotopic (exact) mass is 669 g/mol. The minimum atomic E-state index is -0.900. The average Bonchev–Trinajstić information content (AvgIpc) is 3.24. The molecule has 0 bridgehead atoms. The van der Waals surface area contributed by atoms with Crippen LogP contribution in [0.1, 0.15) is 61.6 Å². The van der Waals surface area contributed by atoms with E-state index in [1.165, 1.54) is 12.8 Å². The lowest BCUT2D eigenvalue weighted by Crippen LogP contribution is -2.69. The van der Waals surface area contributed by atoms with Crippen LogP contribution in [0.5, 0.6) is 0 Å². The topological polar surface area (TPSA) is 94.2 Å². The molecule has 2 aromatic rings. The summed E-state index contributed by atoms with van der Waals surface area (Å²) in [5.74, 6) is 1.35. The zero-order valence-electron chi connectivity index (χ0n) is 26.6. The molecule has 2 aromatic carbocycles. The number of ether oxygens (including phenoxy) is 1. The third kappa shape index (κ3) is 6.89. The lowest BCUT2D eigenvalue weighted by atomic mass is 9.77. The number of hydrogen-bond donors (Lipinski definition) is 2. The summed E-state index contributed by atoms with van der Waals surface area (Å²) in [4.78, 5) is 46.1. The van der Waals surface area contributed by atoms with E-state index in [0.29, 0.717) is 53.4 Å². The Bertz CT molecular complexity index is 1400. The highest BCUT2D eigenvalue weighted by atomic mass is 35.5. The van der Waals surface area contributed by atoms with Gasteiger partial charge in [0, 0.05) is 60.8 Å². The van der Waals surface area contributed by atoms with Crippen LogP contribution in [0, 0.1) is 18.8 Å². The fourth-order valence-electron chi connectivity index (χ4n) is 8.20. The van der Waals surface area contributed by atoms with Gasteiger partial charge in [0.1, 0.15) is 18.6 Å². The van der Waals surface area contributed by atoms with Crippen LogP contribution in [0.25, 0.3) is 0 Å². The van der Waals surface area contributed by atoms with Crippen LogP contribution in [-0.4, -0.2) is 84.1 Å². The van der Waals surface area contributed by atoms with Crippen LogP contribution >= 0.6 is 23.2 Å². The summed E-state index contributed by atoms with van der Waals surface area (Å²) in [6, 6.07) is 11.2. The van der Waals surface area contributed by atoms with Crippen molar-refractivity contribution in [3.8, 4) is 0 Å². The zero-order chi connectivity index (χ0) is 32.3. The van der Waals surface area contributed by atoms with E-state index in [1.807, 2.05) is 30.0 Å². The molecule has 46 heavy (non-hydrogen) atoms. The van der Waals surface area contributed by atoms with Gasteiger partial charge >= 0.3 is 12.1 Å². The molecule has 0 radical (unpaired) electrons. The largest absolute Gasteiger partial charge is 0.444 e. The van der Waals surface area contributed by atoms with Crippen LogP contribution in [0.3, 0.4) is 0 Å². The van der Waals surface area contributed by atoms with E-state index < -0.39 is 11.8 Å². The van der Waals surface area contributed by atoms with Crippen molar-refractivity contribution in [2.45, 2.75) is 76.6 Å². The number of aldehydes is 1. The van der Waals surface area contributed by atoms with Crippen LogP contribution in [0.2, 0.25) is 10.0 Å². The lowest BCUT2D eigenvalue weighted by molar-refractivity contribution is -0.128. The van der Waals surface area contributed by atoms with Gasteiger partial charge in [0.05, 0.1) is 0 Å². The molecule has 2 N–H and O–H groups in total. The Morgan fingerprint density at radius 3 is 2.41 bits per heavy atom. The van der Waals surface area contributed by atoms with E-state index in [9.17, 15) is 14.4 Å². The highest BCUT2D eigenvalue weighted by Crippen LogP contribution is 2.41. The van der Waals surface area contributed by atoms with Crippen LogP contribution in [0.4, 0.5) is 15.3 Å². The molecule has 4 aliphatic heterocycles. The van der Waals surface area contributed by atoms with Crippen LogP contribution in [0.15, 0.2) is 36.4 Å². The molecule has 0 saturated carbocycles. The Hall–Kier alpha value is -2.85. The number of anilines is 1. The summed E-state index contributed by atoms with van der Waals surface area (Å²) in [6.07, 6.45) is 6.86. The number of carbonyl (C=O) groups excluding carboxylic acids is 3. The van der Waals surface area contributed by atoms with Gasteiger partial charge in [0.15, 0.2) is 0 Å². The number of likely N-dealkylation sites (tertiary alicyclic amines) is 2. The molecule has 248 valence electrons. The minimum Gasteiger partial charge on any atom is -0.444 e. The van der Waals surface area contributed by atoms with Gasteiger partial charge in [0.2, 0.25) is 0 Å². The van der Waals surface area contributed by atoms with Crippen molar-refractivity contribution in [3.63, 3.8) is 0 Å². The SMILES string of the molecule is Cc1c(Cl)cc(COC(=O)N2CC[C@@H](N3CCc4ccccc4NC3=O)C[C@@]2(CC=O)N2CCC(C3CCNCC3)CC2)cc1Cl. The summed E-state index contributed by atoms with van der Waals surface area (Å²) < 4.78 is 5.92. The first-order valence-electron chi connectivity index (χ1n) is 16.7. The van der Waals surface area contributed by atoms with E-state index in [0.717, 1.165) is 68.5 Å². The highest BCUT2D eigenvalue weighted by Gasteiger charge is 2.52. The maximum absolute atomic E-state index is 14.0. The first-order chi connectivity index (χ1) is 22.3. The molecule has 4 aliphatic rings. The molecule has 0 spiro atoms. The number of piperidine rings is 3. The standard InChI is InChI=1S/C35H45Cl2N5O4/c1-24-30(36)20-25(21-31(24)37)23-46-34(45)42-18-11-29(41-17-10-28-4-2-3-5-32(28)39-33(41)44)22-35(42,12-19-43)40-15-8-27(9-16-40)26-6-13-38-14-7-26/h2-5,19-21,26-27,29,38H,6-18,22-23H2,1H3,(H,39,44)/t29-,35+/m1/s1. The fourth-order valence-corrected chi connectivity index (χ4v) is 8.74. The van der Waals surface area contributed by atoms with Gasteiger partial charge in [-0.1, -0.05) is 41.4 Å². The van der Waals surface area contributed by atoms with E-state index in [-0.39, 0.29) is 25.1 Å². The molecule has 6 rings (SSSR count). The van der Waals surface area contributed by atoms with Crippen LogP contribution in [-0.2, 0) is 22.6 Å². The molecule has 3 saturated heterocycles. The Morgan fingerprint density at radius 1 is 1.00 bits per heavy atom. The molecule has 11 heteroatoms. The average molecular weight is 671 g/mol. The molecule has 3 amide bonds. The van der Waals surface area contributed by atoms with Gasteiger partial charge < -0.3 is 25.1 Å². The normalized spacial score (nSPS) is 25.0. The Labute approximate surface area is 281 Å². The summed E-state index contributed by atoms with van der Waals surface area (Å²) in [7, 11) is 0. The van der Waals surface area contributed by atoms with Crippen molar-refractivity contribution in [3.05, 3.63) is 63.1 Å². The molecule has 4 heterocycles. The van der Waals surface area contributed by atoms with Crippen molar-refractivity contribution in [1.82, 2.24) is 20.0 Å². The first-order valence-corrected chi connectivity index (χ1v) is 17.5. The summed E-state index contributed by atoms with van der Waals surface area (Å²) >= 11 is 12.7. The second kappa shape index (κ2) is 14.5. The number of nitrogens with zero attached hydrogens (tertiary/aromatic N) is 3. The molecule has 9 nitrogen and oxygen atoms in total. The Kier molecular flexibility index (Phi) is 10.4. The molecule has 3 fully saturated rings. The number of halogens is 2. The number of hydrogen-bond acceptors (Lipinski definition) is 6. The van der Waals surface area contributed by atoms with E-state index >= 15 is 0 Å². The quantitative estimate of drug-likeness (QED) is 0.328. The Morgan fingerprint density at radius 2 is 1.70 bits per heavy atom. The van der Waals surface area contributed by atoms with Gasteiger partial charge in [-0.2, -0.15) is 0 Å². The van der Waals surface area contributed by atoms with Crippen molar-refractivity contribution in [2.24, 2.45) is 11.8 Å². The number of rotatable bonds is 7. The maximum atomic E-state index is 14.0. The molecular formula is C35H45Cl2N5O4. The van der Waals surface area contributed by atoms with E-state index in [4.69, 9.17) is 27.9 Å². The molecule has 2 atom stereocenters. The number of urea groups is 1. The van der Waals surface area contributed by atoms with Crippen molar-refractivity contribution in [1.29, 1.82) is 0 Å². The number of fused-ring (bicyclic) bond motifs is 1. The molecular weight excluding hydrogens is 625 g/mol. The van der Waals surface area contributed by atoms with Crippen LogP contribution < -0.4 is 10.6 Å². The summed E-state index contributed by atoms with van der Waals surface area (Å²) in [5, 5.41) is 7.62. The molecule has 0 unspecified atom stereocenters. The third-order valence-corrected chi connectivity index (χ3v) is 11.6. The molecule has 0 aromatic heterocycles. The summed E-state index contributed by atoms with van der Waals surface area (Å²) in [5.41, 5.74) is 2.52. The molecule has 0 aliphatic carbocycles. The predicted octanol–water partition coefficient (Wildman–Crippen LogP) is 6.49. The zero-order valence-corrected chi connectivity index (χ0v) is 28.1. The minimum absolute atomic E-state index is 0.0141. The number of para-hydroxylation sites is 1. The first kappa shape index (κ1) is 33.1. The number of benzene rings is 2. The number of nitrogens with one attached hydrogen (secondary N) is 2. The Balaban J connectivity index is 1.24. The van der Waals surface area contributed by atoms with Crippen molar-refractivity contribution in [2.75, 3.05) is 44.6 Å². The predicted molar refractivity (Wildman–Crippen MR) is 180 cm³/mol. The van der Waals surface area contributed by atoms with Gasteiger partial charge in [0.25, 0.3) is 0 Å². The fraction of sp³-hybridized carbons (Fsp3) is 0.571. The van der Waals surface area contributed by atoms with E-state index in [1.54, 1.807) is 17.0 Å². The maximum Gasteiger partial charge on any atom is 0.411 e. The highest BCUT2D eigenvalue weighted by molar-refractivity contribution is 6.36. The second-order valence-electron chi connectivity index (χ2n) is 13.3. The van der Waals surface area contributed by atoms with Crippen molar-refractivity contribution < 1.29 is 19.1 Å². The smallest absolute Gasteiger partial charge is 0.411 e. The number of carbonyl (C=O) groups is 3. The van der Waals surface area contributed by atoms with Crippen molar-refractivity contribution >= 4 is 47.3 Å². The van der Waals surface area contributed by atoms with Gasteiger partial charge in [-0.25, -0.2) is 9.59 Å².